The van der Waals surface area contributed by atoms with Gasteiger partial charge in [0.1, 0.15) is 5.82 Å². The Labute approximate surface area is 132 Å². The van der Waals surface area contributed by atoms with Gasteiger partial charge in [0.05, 0.1) is 5.56 Å². The molecule has 3 saturated carbocycles. The maximum atomic E-state index is 13.9. The lowest BCUT2D eigenvalue weighted by Crippen LogP contribution is -2.42. The molecule has 0 aliphatic heterocycles. The zero-order valence-corrected chi connectivity index (χ0v) is 13.4. The Morgan fingerprint density at radius 1 is 1.19 bits per heavy atom. The summed E-state index contributed by atoms with van der Waals surface area (Å²) in [7, 11) is 0. The molecule has 3 aliphatic carbocycles. The van der Waals surface area contributed by atoms with Gasteiger partial charge in [-0.1, -0.05) is 12.5 Å². The Kier molecular flexibility index (Phi) is 3.32. The highest BCUT2D eigenvalue weighted by molar-refractivity contribution is 9.10. The zero-order chi connectivity index (χ0) is 14.6. The molecule has 0 radical (unpaired) electrons. The second kappa shape index (κ2) is 5.08. The summed E-state index contributed by atoms with van der Waals surface area (Å²) < 4.78 is 14.4. The lowest BCUT2D eigenvalue weighted by Gasteiger charge is -2.32. The van der Waals surface area contributed by atoms with E-state index in [2.05, 4.69) is 21.2 Å². The van der Waals surface area contributed by atoms with E-state index in [4.69, 9.17) is 0 Å². The molecular formula is C17H19BrFNO. The molecule has 0 saturated heterocycles. The fraction of sp³-hybridized carbons (Fsp3) is 0.588. The summed E-state index contributed by atoms with van der Waals surface area (Å²) in [5.41, 5.74) is 0.142. The average molecular weight is 352 g/mol. The van der Waals surface area contributed by atoms with Gasteiger partial charge in [0.15, 0.2) is 0 Å². The molecule has 4 heteroatoms. The Hall–Kier alpha value is -0.900. The van der Waals surface area contributed by atoms with Crippen LogP contribution >= 0.6 is 15.9 Å². The quantitative estimate of drug-likeness (QED) is 0.852. The summed E-state index contributed by atoms with van der Waals surface area (Å²) in [6.45, 7) is 0. The first-order valence-corrected chi connectivity index (χ1v) is 8.69. The van der Waals surface area contributed by atoms with E-state index in [0.29, 0.717) is 10.4 Å². The van der Waals surface area contributed by atoms with Crippen molar-refractivity contribution in [3.8, 4) is 0 Å². The highest BCUT2D eigenvalue weighted by Crippen LogP contribution is 2.58. The van der Waals surface area contributed by atoms with E-state index in [1.165, 1.54) is 31.7 Å². The maximum Gasteiger partial charge on any atom is 0.255 e. The van der Waals surface area contributed by atoms with E-state index in [9.17, 15) is 9.18 Å². The van der Waals surface area contributed by atoms with Crippen molar-refractivity contribution in [1.29, 1.82) is 0 Å². The number of nitrogens with one attached hydrogen (secondary N) is 1. The molecule has 3 aliphatic rings. The maximum absolute atomic E-state index is 13.9. The Balaban J connectivity index is 1.51. The smallest absolute Gasteiger partial charge is 0.255 e. The predicted octanol–water partition coefficient (Wildman–Crippen LogP) is 4.14. The van der Waals surface area contributed by atoms with E-state index in [1.807, 2.05) is 0 Å². The molecule has 1 amide bonds. The molecule has 0 aromatic heterocycles. The number of rotatable bonds is 2. The molecule has 2 bridgehead atoms. The summed E-state index contributed by atoms with van der Waals surface area (Å²) in [5, 5.41) is 3.11. The van der Waals surface area contributed by atoms with Gasteiger partial charge in [0.25, 0.3) is 5.91 Å². The molecule has 1 aromatic rings. The van der Waals surface area contributed by atoms with Gasteiger partial charge in [0.2, 0.25) is 0 Å². The molecule has 1 aromatic carbocycles. The molecule has 5 atom stereocenters. The summed E-state index contributed by atoms with van der Waals surface area (Å²) >= 11 is 3.28. The lowest BCUT2D eigenvalue weighted by atomic mass is 9.79. The minimum atomic E-state index is -0.455. The van der Waals surface area contributed by atoms with Gasteiger partial charge in [-0.15, -0.1) is 0 Å². The SMILES string of the molecule is O=C(NC1CC2CC1C1CCCC21)c1c(F)cccc1Br. The van der Waals surface area contributed by atoms with Crippen molar-refractivity contribution >= 4 is 21.8 Å². The summed E-state index contributed by atoms with van der Waals surface area (Å²) in [6.07, 6.45) is 6.40. The Bertz CT molecular complexity index is 570. The van der Waals surface area contributed by atoms with Crippen LogP contribution in [0.15, 0.2) is 22.7 Å². The van der Waals surface area contributed by atoms with Gasteiger partial charge in [-0.2, -0.15) is 0 Å². The summed E-state index contributed by atoms with van der Waals surface area (Å²) in [6, 6.07) is 4.91. The van der Waals surface area contributed by atoms with E-state index >= 15 is 0 Å². The third-order valence-electron chi connectivity index (χ3n) is 5.94. The third kappa shape index (κ3) is 2.14. The van der Waals surface area contributed by atoms with Gasteiger partial charge in [-0.05, 0) is 77.4 Å². The van der Waals surface area contributed by atoms with Crippen LogP contribution in [0.4, 0.5) is 4.39 Å². The van der Waals surface area contributed by atoms with Crippen molar-refractivity contribution in [2.45, 2.75) is 38.1 Å². The number of amides is 1. The summed E-state index contributed by atoms with van der Waals surface area (Å²) in [4.78, 5) is 12.4. The van der Waals surface area contributed by atoms with Gasteiger partial charge in [0, 0.05) is 10.5 Å². The third-order valence-corrected chi connectivity index (χ3v) is 6.60. The van der Waals surface area contributed by atoms with Crippen LogP contribution in [0.1, 0.15) is 42.5 Å². The van der Waals surface area contributed by atoms with Crippen LogP contribution in [-0.4, -0.2) is 11.9 Å². The van der Waals surface area contributed by atoms with Crippen LogP contribution in [0.2, 0.25) is 0 Å². The predicted molar refractivity (Wildman–Crippen MR) is 82.4 cm³/mol. The molecule has 4 rings (SSSR count). The molecule has 5 unspecified atom stereocenters. The standard InChI is InChI=1S/C17H19BrFNO/c18-13-5-2-6-14(19)16(13)17(21)20-15-8-9-7-12(15)11-4-1-3-10(9)11/h2,5-6,9-12,15H,1,3-4,7-8H2,(H,20,21). The van der Waals surface area contributed by atoms with Gasteiger partial charge in [-0.25, -0.2) is 4.39 Å². The van der Waals surface area contributed by atoms with Gasteiger partial charge in [-0.3, -0.25) is 4.79 Å². The van der Waals surface area contributed by atoms with Crippen molar-refractivity contribution in [1.82, 2.24) is 5.32 Å². The van der Waals surface area contributed by atoms with Gasteiger partial charge < -0.3 is 5.32 Å². The monoisotopic (exact) mass is 351 g/mol. The molecule has 0 spiro atoms. The summed E-state index contributed by atoms with van der Waals surface area (Å²) in [5.74, 6) is 2.39. The van der Waals surface area contributed by atoms with Crippen molar-refractivity contribution in [3.05, 3.63) is 34.1 Å². The van der Waals surface area contributed by atoms with Crippen molar-refractivity contribution < 1.29 is 9.18 Å². The normalized spacial score (nSPS) is 36.8. The molecule has 0 heterocycles. The van der Waals surface area contributed by atoms with Crippen LogP contribution in [0.5, 0.6) is 0 Å². The van der Waals surface area contributed by atoms with E-state index < -0.39 is 5.82 Å². The van der Waals surface area contributed by atoms with Crippen molar-refractivity contribution in [2.24, 2.45) is 23.7 Å². The number of hydrogen-bond donors (Lipinski definition) is 1. The Morgan fingerprint density at radius 2 is 2.00 bits per heavy atom. The van der Waals surface area contributed by atoms with Gasteiger partial charge >= 0.3 is 0 Å². The minimum Gasteiger partial charge on any atom is -0.349 e. The number of benzene rings is 1. The largest absolute Gasteiger partial charge is 0.349 e. The second-order valence-electron chi connectivity index (χ2n) is 6.83. The highest BCUT2D eigenvalue weighted by atomic mass is 79.9. The van der Waals surface area contributed by atoms with Crippen LogP contribution in [0.3, 0.4) is 0 Å². The molecule has 2 nitrogen and oxygen atoms in total. The zero-order valence-electron chi connectivity index (χ0n) is 11.8. The molecule has 112 valence electrons. The average Bonchev–Trinajstić information content (AvgIpc) is 3.09. The van der Waals surface area contributed by atoms with Crippen LogP contribution < -0.4 is 5.32 Å². The number of carbonyl (C=O) groups is 1. The number of carbonyl (C=O) groups excluding carboxylic acids is 1. The highest BCUT2D eigenvalue weighted by Gasteiger charge is 2.54. The first-order valence-electron chi connectivity index (χ1n) is 7.90. The first-order chi connectivity index (χ1) is 10.1. The van der Waals surface area contributed by atoms with Crippen molar-refractivity contribution in [2.75, 3.05) is 0 Å². The molecule has 1 N–H and O–H groups in total. The lowest BCUT2D eigenvalue weighted by molar-refractivity contribution is 0.0896. The van der Waals surface area contributed by atoms with E-state index in [1.54, 1.807) is 12.1 Å². The molecule has 21 heavy (non-hydrogen) atoms. The second-order valence-corrected chi connectivity index (χ2v) is 7.68. The minimum absolute atomic E-state index is 0.142. The van der Waals surface area contributed by atoms with E-state index in [-0.39, 0.29) is 17.5 Å². The molecular weight excluding hydrogens is 333 g/mol. The van der Waals surface area contributed by atoms with E-state index in [0.717, 1.165) is 24.2 Å². The fourth-order valence-electron chi connectivity index (χ4n) is 5.19. The fourth-order valence-corrected chi connectivity index (χ4v) is 5.71. The number of halogens is 2. The van der Waals surface area contributed by atoms with Crippen LogP contribution in [-0.2, 0) is 0 Å². The van der Waals surface area contributed by atoms with Crippen LogP contribution in [0.25, 0.3) is 0 Å². The first kappa shape index (κ1) is 13.7. The van der Waals surface area contributed by atoms with Crippen molar-refractivity contribution in [3.63, 3.8) is 0 Å². The Morgan fingerprint density at radius 3 is 2.81 bits per heavy atom. The van der Waals surface area contributed by atoms with Crippen LogP contribution in [0, 0.1) is 29.5 Å². The number of hydrogen-bond acceptors (Lipinski definition) is 1. The molecule has 3 fully saturated rings. The number of fused-ring (bicyclic) bond motifs is 5. The topological polar surface area (TPSA) is 29.1 Å².